The van der Waals surface area contributed by atoms with E-state index in [4.69, 9.17) is 0 Å². The Balaban J connectivity index is 0.000000336. The van der Waals surface area contributed by atoms with Gasteiger partial charge in [-0.25, -0.2) is 0 Å². The van der Waals surface area contributed by atoms with Crippen molar-refractivity contribution in [2.75, 3.05) is 17.8 Å². The van der Waals surface area contributed by atoms with E-state index in [2.05, 4.69) is 23.0 Å². The van der Waals surface area contributed by atoms with Crippen molar-refractivity contribution < 1.29 is 0 Å². The van der Waals surface area contributed by atoms with E-state index in [0.29, 0.717) is 0 Å². The SMILES string of the molecule is CC.CN1CSc2cnccc21. The second-order valence-electron chi connectivity index (χ2n) is 2.31. The van der Waals surface area contributed by atoms with Crippen LogP contribution in [0, 0.1) is 0 Å². The third-order valence-corrected chi connectivity index (χ3v) is 2.73. The first-order valence-corrected chi connectivity index (χ1v) is 5.14. The Hall–Kier alpha value is -0.700. The van der Waals surface area contributed by atoms with Crippen LogP contribution in [0.1, 0.15) is 13.8 Å². The third kappa shape index (κ3) is 1.72. The zero-order valence-electron chi connectivity index (χ0n) is 7.74. The van der Waals surface area contributed by atoms with E-state index in [-0.39, 0.29) is 0 Å². The summed E-state index contributed by atoms with van der Waals surface area (Å²) in [6, 6.07) is 2.05. The summed E-state index contributed by atoms with van der Waals surface area (Å²) in [6.07, 6.45) is 3.75. The van der Waals surface area contributed by atoms with E-state index in [1.807, 2.05) is 38.0 Å². The lowest BCUT2D eigenvalue weighted by Crippen LogP contribution is -2.10. The molecule has 66 valence electrons. The zero-order chi connectivity index (χ0) is 8.97. The van der Waals surface area contributed by atoms with Crippen molar-refractivity contribution >= 4 is 17.4 Å². The fourth-order valence-electron chi connectivity index (χ4n) is 1.04. The average molecular weight is 182 g/mol. The van der Waals surface area contributed by atoms with Gasteiger partial charge in [-0.3, -0.25) is 4.98 Å². The standard InChI is InChI=1S/C7H8N2S.C2H6/c1-9-5-10-7-4-8-3-2-6(7)9;1-2/h2-4H,5H2,1H3;1-2H3. The fourth-order valence-corrected chi connectivity index (χ4v) is 2.01. The normalized spacial score (nSPS) is 13.4. The molecule has 1 aromatic heterocycles. The number of fused-ring (bicyclic) bond motifs is 1. The molecule has 0 saturated heterocycles. The number of rotatable bonds is 0. The molecular formula is C9H14N2S. The molecule has 0 bridgehead atoms. The Morgan fingerprint density at radius 2 is 2.25 bits per heavy atom. The molecule has 0 unspecified atom stereocenters. The van der Waals surface area contributed by atoms with E-state index < -0.39 is 0 Å². The van der Waals surface area contributed by atoms with E-state index in [1.165, 1.54) is 10.6 Å². The molecule has 2 nitrogen and oxygen atoms in total. The molecule has 0 aromatic carbocycles. The van der Waals surface area contributed by atoms with Crippen molar-refractivity contribution in [1.29, 1.82) is 0 Å². The number of aromatic nitrogens is 1. The van der Waals surface area contributed by atoms with Gasteiger partial charge in [0.25, 0.3) is 0 Å². The second-order valence-corrected chi connectivity index (χ2v) is 3.30. The van der Waals surface area contributed by atoms with Crippen molar-refractivity contribution in [1.82, 2.24) is 4.98 Å². The molecule has 0 radical (unpaired) electrons. The molecule has 0 N–H and O–H groups in total. The lowest BCUT2D eigenvalue weighted by Gasteiger charge is -2.08. The lowest BCUT2D eigenvalue weighted by atomic mass is 10.4. The monoisotopic (exact) mass is 182 g/mol. The highest BCUT2D eigenvalue weighted by molar-refractivity contribution is 7.99. The average Bonchev–Trinajstić information content (AvgIpc) is 2.53. The molecule has 2 heterocycles. The number of hydrogen-bond donors (Lipinski definition) is 0. The largest absolute Gasteiger partial charge is 0.364 e. The fraction of sp³-hybridized carbons (Fsp3) is 0.444. The van der Waals surface area contributed by atoms with Crippen LogP contribution in [0.25, 0.3) is 0 Å². The summed E-state index contributed by atoms with van der Waals surface area (Å²) in [5.41, 5.74) is 1.31. The van der Waals surface area contributed by atoms with Crippen LogP contribution in [0.5, 0.6) is 0 Å². The van der Waals surface area contributed by atoms with Crippen LogP contribution in [0.2, 0.25) is 0 Å². The zero-order valence-corrected chi connectivity index (χ0v) is 8.56. The molecule has 0 spiro atoms. The predicted molar refractivity (Wildman–Crippen MR) is 54.7 cm³/mol. The number of nitrogens with zero attached hydrogens (tertiary/aromatic N) is 2. The van der Waals surface area contributed by atoms with Gasteiger partial charge in [-0.2, -0.15) is 0 Å². The molecule has 0 amide bonds. The van der Waals surface area contributed by atoms with Gasteiger partial charge in [0.2, 0.25) is 0 Å². The minimum atomic E-state index is 1.06. The first kappa shape index (κ1) is 9.39. The maximum absolute atomic E-state index is 4.04. The summed E-state index contributed by atoms with van der Waals surface area (Å²) < 4.78 is 0. The van der Waals surface area contributed by atoms with Crippen molar-refractivity contribution in [2.24, 2.45) is 0 Å². The van der Waals surface area contributed by atoms with Crippen LogP contribution in [-0.2, 0) is 0 Å². The summed E-state index contributed by atoms with van der Waals surface area (Å²) >= 11 is 1.84. The van der Waals surface area contributed by atoms with Crippen molar-refractivity contribution in [3.63, 3.8) is 0 Å². The van der Waals surface area contributed by atoms with Crippen LogP contribution >= 0.6 is 11.8 Å². The summed E-state index contributed by atoms with van der Waals surface area (Å²) in [4.78, 5) is 7.56. The Morgan fingerprint density at radius 3 is 2.92 bits per heavy atom. The quantitative estimate of drug-likeness (QED) is 0.613. The van der Waals surface area contributed by atoms with E-state index in [9.17, 15) is 0 Å². The Labute approximate surface area is 78.0 Å². The van der Waals surface area contributed by atoms with Crippen LogP contribution in [0.4, 0.5) is 5.69 Å². The topological polar surface area (TPSA) is 16.1 Å². The van der Waals surface area contributed by atoms with Gasteiger partial charge in [0.1, 0.15) is 0 Å². The minimum Gasteiger partial charge on any atom is -0.364 e. The Kier molecular flexibility index (Phi) is 3.41. The maximum atomic E-state index is 4.04. The first-order chi connectivity index (χ1) is 5.88. The number of thioether (sulfide) groups is 1. The van der Waals surface area contributed by atoms with Crippen LogP contribution in [0.3, 0.4) is 0 Å². The highest BCUT2D eigenvalue weighted by atomic mass is 32.2. The summed E-state index contributed by atoms with van der Waals surface area (Å²) in [5.74, 6) is 1.06. The number of pyridine rings is 1. The molecule has 1 aliphatic heterocycles. The number of anilines is 1. The summed E-state index contributed by atoms with van der Waals surface area (Å²) in [6.45, 7) is 4.00. The van der Waals surface area contributed by atoms with Gasteiger partial charge in [0.15, 0.2) is 0 Å². The molecule has 0 atom stereocenters. The molecule has 3 heteroatoms. The van der Waals surface area contributed by atoms with Crippen LogP contribution in [0.15, 0.2) is 23.4 Å². The lowest BCUT2D eigenvalue weighted by molar-refractivity contribution is 1.09. The molecule has 1 aromatic rings. The van der Waals surface area contributed by atoms with E-state index in [0.717, 1.165) is 5.88 Å². The van der Waals surface area contributed by atoms with Crippen molar-refractivity contribution in [3.8, 4) is 0 Å². The summed E-state index contributed by atoms with van der Waals surface area (Å²) in [7, 11) is 2.10. The molecule has 1 aliphatic rings. The Bertz CT molecular complexity index is 250. The van der Waals surface area contributed by atoms with Gasteiger partial charge in [-0.15, -0.1) is 11.8 Å². The third-order valence-electron chi connectivity index (χ3n) is 1.59. The van der Waals surface area contributed by atoms with E-state index >= 15 is 0 Å². The van der Waals surface area contributed by atoms with Crippen LogP contribution in [-0.4, -0.2) is 17.9 Å². The van der Waals surface area contributed by atoms with Gasteiger partial charge < -0.3 is 4.90 Å². The maximum Gasteiger partial charge on any atom is 0.0684 e. The molecular weight excluding hydrogens is 168 g/mol. The first-order valence-electron chi connectivity index (χ1n) is 4.16. The van der Waals surface area contributed by atoms with Gasteiger partial charge in [-0.05, 0) is 6.07 Å². The van der Waals surface area contributed by atoms with E-state index in [1.54, 1.807) is 0 Å². The van der Waals surface area contributed by atoms with Crippen LogP contribution < -0.4 is 4.90 Å². The minimum absolute atomic E-state index is 1.06. The van der Waals surface area contributed by atoms with Gasteiger partial charge in [0.05, 0.1) is 16.5 Å². The van der Waals surface area contributed by atoms with Gasteiger partial charge in [0, 0.05) is 19.4 Å². The highest BCUT2D eigenvalue weighted by Gasteiger charge is 2.14. The molecule has 0 saturated carbocycles. The number of hydrogen-bond acceptors (Lipinski definition) is 3. The van der Waals surface area contributed by atoms with Crippen molar-refractivity contribution in [3.05, 3.63) is 18.5 Å². The molecule has 12 heavy (non-hydrogen) atoms. The van der Waals surface area contributed by atoms with Gasteiger partial charge in [-0.1, -0.05) is 13.8 Å². The molecule has 0 aliphatic carbocycles. The second kappa shape index (κ2) is 4.36. The highest BCUT2D eigenvalue weighted by Crippen LogP contribution is 2.35. The smallest absolute Gasteiger partial charge is 0.0684 e. The molecule has 0 fully saturated rings. The van der Waals surface area contributed by atoms with Gasteiger partial charge >= 0.3 is 0 Å². The molecule has 2 rings (SSSR count). The predicted octanol–water partition coefficient (Wildman–Crippen LogP) is 2.61. The Morgan fingerprint density at radius 1 is 1.50 bits per heavy atom. The summed E-state index contributed by atoms with van der Waals surface area (Å²) in [5, 5.41) is 0. The van der Waals surface area contributed by atoms with Crippen molar-refractivity contribution in [2.45, 2.75) is 18.7 Å².